The number of rotatable bonds is 4. The summed E-state index contributed by atoms with van der Waals surface area (Å²) < 4.78 is 24.9. The molecule has 0 saturated heterocycles. The van der Waals surface area contributed by atoms with Crippen molar-refractivity contribution in [2.75, 3.05) is 0 Å². The highest BCUT2D eigenvalue weighted by Gasteiger charge is 2.17. The first kappa shape index (κ1) is 20.8. The fourth-order valence-electron chi connectivity index (χ4n) is 4.72. The zero-order valence-corrected chi connectivity index (χ0v) is 19.5. The van der Waals surface area contributed by atoms with Crippen molar-refractivity contribution >= 4 is 32.6 Å². The van der Waals surface area contributed by atoms with Gasteiger partial charge in [0.1, 0.15) is 11.5 Å². The molecule has 0 unspecified atom stereocenters. The number of fused-ring (bicyclic) bond motifs is 4. The van der Waals surface area contributed by atoms with Gasteiger partial charge in [-0.1, -0.05) is 97.1 Å². The van der Waals surface area contributed by atoms with Gasteiger partial charge < -0.3 is 9.05 Å². The summed E-state index contributed by atoms with van der Waals surface area (Å²) in [6.45, 7) is 0. The van der Waals surface area contributed by atoms with Crippen molar-refractivity contribution in [1.82, 2.24) is 0 Å². The predicted molar refractivity (Wildman–Crippen MR) is 139 cm³/mol. The lowest BCUT2D eigenvalue weighted by atomic mass is 9.99. The van der Waals surface area contributed by atoms with E-state index in [1.165, 1.54) is 22.3 Å². The summed E-state index contributed by atoms with van der Waals surface area (Å²) in [5.74, 6) is 1.16. The average molecular weight is 462 g/mol. The molecule has 3 nitrogen and oxygen atoms in total. The molecule has 0 bridgehead atoms. The highest BCUT2D eigenvalue weighted by Crippen LogP contribution is 2.39. The predicted octanol–water partition coefficient (Wildman–Crippen LogP) is 7.68. The summed E-state index contributed by atoms with van der Waals surface area (Å²) in [6.07, 6.45) is 9.86. The van der Waals surface area contributed by atoms with Crippen LogP contribution in [-0.2, 0) is 17.4 Å². The SMILES string of the molecule is O=[PH](Oc1cccc2c1C=Cc1ccccc1C2)Oc1cccc2c1C=Cc1ccccc1C2. The minimum Gasteiger partial charge on any atom is -0.417 e. The van der Waals surface area contributed by atoms with E-state index in [2.05, 4.69) is 60.7 Å². The molecule has 0 fully saturated rings. The van der Waals surface area contributed by atoms with Crippen LogP contribution in [0.2, 0.25) is 0 Å². The normalized spacial score (nSPS) is 13.2. The van der Waals surface area contributed by atoms with Crippen LogP contribution in [0.5, 0.6) is 11.5 Å². The Morgan fingerprint density at radius 1 is 0.500 bits per heavy atom. The van der Waals surface area contributed by atoms with E-state index in [9.17, 15) is 4.57 Å². The van der Waals surface area contributed by atoms with E-state index < -0.39 is 8.25 Å². The Morgan fingerprint density at radius 3 is 1.44 bits per heavy atom. The zero-order chi connectivity index (χ0) is 22.9. The van der Waals surface area contributed by atoms with E-state index >= 15 is 0 Å². The molecule has 4 aromatic carbocycles. The van der Waals surface area contributed by atoms with Gasteiger partial charge in [0, 0.05) is 11.1 Å². The van der Waals surface area contributed by atoms with Crippen molar-refractivity contribution < 1.29 is 13.6 Å². The molecule has 166 valence electrons. The van der Waals surface area contributed by atoms with Gasteiger partial charge in [-0.2, -0.15) is 0 Å². The quantitative estimate of drug-likeness (QED) is 0.252. The molecular formula is C30H23O3P. The first-order chi connectivity index (χ1) is 16.7. The maximum absolute atomic E-state index is 13.1. The van der Waals surface area contributed by atoms with Crippen molar-refractivity contribution in [3.8, 4) is 11.5 Å². The fourth-order valence-corrected chi connectivity index (χ4v) is 5.47. The standard InChI is InChI=1S/C30H23O3P/c31-34(32-29-13-5-11-25-19-23-9-3-1-7-21(23)15-17-27(25)29)33-30-14-6-12-26-20-24-10-4-2-8-22(24)16-18-28(26)30/h1-18,34H,19-20H2. The topological polar surface area (TPSA) is 35.5 Å². The maximum Gasteiger partial charge on any atom is 0.419 e. The van der Waals surface area contributed by atoms with E-state index in [0.29, 0.717) is 11.5 Å². The number of hydrogen-bond donors (Lipinski definition) is 0. The van der Waals surface area contributed by atoms with E-state index in [0.717, 1.165) is 35.1 Å². The summed E-state index contributed by atoms with van der Waals surface area (Å²) in [4.78, 5) is 0. The van der Waals surface area contributed by atoms with E-state index in [1.54, 1.807) is 0 Å². The zero-order valence-electron chi connectivity index (χ0n) is 18.5. The van der Waals surface area contributed by atoms with Crippen molar-refractivity contribution in [3.63, 3.8) is 0 Å². The third kappa shape index (κ3) is 4.00. The van der Waals surface area contributed by atoms with Crippen molar-refractivity contribution in [2.45, 2.75) is 12.8 Å². The molecule has 0 aliphatic heterocycles. The summed E-state index contributed by atoms with van der Waals surface area (Å²) >= 11 is 0. The van der Waals surface area contributed by atoms with E-state index in [-0.39, 0.29) is 0 Å². The van der Waals surface area contributed by atoms with Gasteiger partial charge in [0.25, 0.3) is 0 Å². The molecule has 0 radical (unpaired) electrons. The van der Waals surface area contributed by atoms with Crippen molar-refractivity contribution in [1.29, 1.82) is 0 Å². The Morgan fingerprint density at radius 2 is 0.941 bits per heavy atom. The molecule has 0 amide bonds. The van der Waals surface area contributed by atoms with E-state index in [1.807, 2.05) is 48.6 Å². The second-order valence-electron chi connectivity index (χ2n) is 8.53. The van der Waals surface area contributed by atoms with Crippen molar-refractivity contribution in [2.24, 2.45) is 0 Å². The van der Waals surface area contributed by atoms with Crippen molar-refractivity contribution in [3.05, 3.63) is 129 Å². The Hall–Kier alpha value is -3.81. The van der Waals surface area contributed by atoms with Gasteiger partial charge in [-0.15, -0.1) is 0 Å². The van der Waals surface area contributed by atoms with Gasteiger partial charge in [-0.3, -0.25) is 0 Å². The van der Waals surface area contributed by atoms with Gasteiger partial charge >= 0.3 is 8.25 Å². The van der Waals surface area contributed by atoms with Gasteiger partial charge in [-0.25, -0.2) is 4.57 Å². The highest BCUT2D eigenvalue weighted by molar-refractivity contribution is 7.34. The Labute approximate surface area is 200 Å². The second kappa shape index (κ2) is 8.85. The smallest absolute Gasteiger partial charge is 0.417 e. The molecule has 0 aromatic heterocycles. The fraction of sp³-hybridized carbons (Fsp3) is 0.0667. The highest BCUT2D eigenvalue weighted by atomic mass is 31.1. The minimum absolute atomic E-state index is 0.579. The van der Waals surface area contributed by atoms with Crippen LogP contribution in [0.4, 0.5) is 0 Å². The first-order valence-corrected chi connectivity index (χ1v) is 12.6. The Bertz CT molecular complexity index is 1370. The van der Waals surface area contributed by atoms with Gasteiger partial charge in [-0.05, 0) is 58.4 Å². The van der Waals surface area contributed by atoms with Crippen LogP contribution in [0, 0.1) is 0 Å². The first-order valence-electron chi connectivity index (χ1n) is 11.4. The maximum atomic E-state index is 13.1. The monoisotopic (exact) mass is 462 g/mol. The molecular weight excluding hydrogens is 439 g/mol. The van der Waals surface area contributed by atoms with Crippen LogP contribution in [0.3, 0.4) is 0 Å². The van der Waals surface area contributed by atoms with Gasteiger partial charge in [0.15, 0.2) is 0 Å². The largest absolute Gasteiger partial charge is 0.419 e. The van der Waals surface area contributed by atoms with Crippen LogP contribution in [-0.4, -0.2) is 0 Å². The van der Waals surface area contributed by atoms with E-state index in [4.69, 9.17) is 9.05 Å². The summed E-state index contributed by atoms with van der Waals surface area (Å²) in [5.41, 5.74) is 9.08. The Balaban J connectivity index is 1.26. The molecule has 6 rings (SSSR count). The lowest BCUT2D eigenvalue weighted by Crippen LogP contribution is -1.97. The molecule has 0 heterocycles. The summed E-state index contributed by atoms with van der Waals surface area (Å²) in [5, 5.41) is 0. The van der Waals surface area contributed by atoms with Crippen LogP contribution in [0.1, 0.15) is 44.5 Å². The molecule has 4 aromatic rings. The number of benzene rings is 4. The molecule has 2 aliphatic rings. The molecule has 0 atom stereocenters. The molecule has 0 saturated carbocycles. The summed E-state index contributed by atoms with van der Waals surface area (Å²) in [7, 11) is -2.83. The molecule has 0 N–H and O–H groups in total. The molecule has 0 spiro atoms. The third-order valence-corrected chi connectivity index (χ3v) is 7.20. The third-order valence-electron chi connectivity index (χ3n) is 6.43. The molecule has 2 aliphatic carbocycles. The Kier molecular flexibility index (Phi) is 5.41. The average Bonchev–Trinajstić information content (AvgIpc) is 3.16. The van der Waals surface area contributed by atoms with Gasteiger partial charge in [0.05, 0.1) is 0 Å². The minimum atomic E-state index is -2.83. The number of hydrogen-bond acceptors (Lipinski definition) is 3. The summed E-state index contributed by atoms with van der Waals surface area (Å²) in [6, 6.07) is 28.5. The second-order valence-corrected chi connectivity index (χ2v) is 9.44. The van der Waals surface area contributed by atoms with Crippen LogP contribution in [0.25, 0.3) is 24.3 Å². The molecule has 4 heteroatoms. The van der Waals surface area contributed by atoms with Crippen LogP contribution in [0.15, 0.2) is 84.9 Å². The lowest BCUT2D eigenvalue weighted by Gasteiger charge is -2.15. The van der Waals surface area contributed by atoms with Crippen LogP contribution >= 0.6 is 8.25 Å². The lowest BCUT2D eigenvalue weighted by molar-refractivity contribution is 0.414. The van der Waals surface area contributed by atoms with Crippen LogP contribution < -0.4 is 9.05 Å². The van der Waals surface area contributed by atoms with Gasteiger partial charge in [0.2, 0.25) is 0 Å². The molecule has 34 heavy (non-hydrogen) atoms.